The Morgan fingerprint density at radius 2 is 0.875 bits per heavy atom. The minimum absolute atomic E-state index is 0.186. The number of rotatable bonds is 7. The van der Waals surface area contributed by atoms with Crippen LogP contribution in [0.4, 0.5) is 17.1 Å². The van der Waals surface area contributed by atoms with E-state index in [1.54, 1.807) is 0 Å². The molecule has 0 atom stereocenters. The second-order valence-electron chi connectivity index (χ2n) is 15.3. The Balaban J connectivity index is 1.09. The van der Waals surface area contributed by atoms with Crippen molar-refractivity contribution in [2.24, 2.45) is 0 Å². The van der Waals surface area contributed by atoms with E-state index >= 15 is 0 Å². The highest BCUT2D eigenvalue weighted by Crippen LogP contribution is 2.54. The molecule has 10 rings (SSSR count). The normalized spacial score (nSPS) is 12.6. The lowest BCUT2D eigenvalue weighted by Gasteiger charge is -2.28. The summed E-state index contributed by atoms with van der Waals surface area (Å²) in [6.07, 6.45) is 0. The van der Waals surface area contributed by atoms with Gasteiger partial charge in [-0.25, -0.2) is 0 Å². The predicted octanol–water partition coefficient (Wildman–Crippen LogP) is 15.3. The van der Waals surface area contributed by atoms with E-state index < -0.39 is 0 Å². The maximum absolute atomic E-state index is 2.43. The van der Waals surface area contributed by atoms with E-state index in [2.05, 4.69) is 231 Å². The average Bonchev–Trinajstić information content (AvgIpc) is 3.50. The fourth-order valence-electron chi connectivity index (χ4n) is 8.97. The van der Waals surface area contributed by atoms with Gasteiger partial charge in [-0.15, -0.1) is 0 Å². The van der Waals surface area contributed by atoms with Crippen LogP contribution in [0.3, 0.4) is 0 Å². The first kappa shape index (κ1) is 33.6. The van der Waals surface area contributed by atoms with Crippen LogP contribution in [0, 0.1) is 0 Å². The van der Waals surface area contributed by atoms with Crippen molar-refractivity contribution in [3.63, 3.8) is 0 Å². The quantitative estimate of drug-likeness (QED) is 0.159. The second-order valence-corrected chi connectivity index (χ2v) is 15.3. The maximum Gasteiger partial charge on any atom is 0.0465 e. The Morgan fingerprint density at radius 1 is 0.321 bits per heavy atom. The molecule has 266 valence electrons. The summed E-state index contributed by atoms with van der Waals surface area (Å²) in [6.45, 7) is 4.76. The summed E-state index contributed by atoms with van der Waals surface area (Å²) in [4.78, 5) is 2.40. The molecule has 1 heteroatoms. The van der Waals surface area contributed by atoms with Crippen molar-refractivity contribution < 1.29 is 0 Å². The Labute approximate surface area is 329 Å². The lowest BCUT2D eigenvalue weighted by molar-refractivity contribution is 0.660. The maximum atomic E-state index is 2.43. The molecule has 0 fully saturated rings. The summed E-state index contributed by atoms with van der Waals surface area (Å²) >= 11 is 0. The van der Waals surface area contributed by atoms with Gasteiger partial charge in [0.1, 0.15) is 0 Å². The van der Waals surface area contributed by atoms with Gasteiger partial charge < -0.3 is 4.90 Å². The molecular weight excluding hydrogens is 675 g/mol. The van der Waals surface area contributed by atoms with E-state index in [0.717, 1.165) is 17.1 Å². The van der Waals surface area contributed by atoms with Gasteiger partial charge in [-0.1, -0.05) is 190 Å². The molecule has 0 radical (unpaired) electrons. The highest BCUT2D eigenvalue weighted by molar-refractivity contribution is 6.04. The van der Waals surface area contributed by atoms with Crippen LogP contribution in [0.15, 0.2) is 212 Å². The summed E-state index contributed by atoms with van der Waals surface area (Å²) in [6, 6.07) is 77.4. The van der Waals surface area contributed by atoms with Crippen LogP contribution < -0.4 is 4.90 Å². The molecule has 0 aromatic heterocycles. The molecule has 0 bridgehead atoms. The molecule has 0 N–H and O–H groups in total. The first-order valence-electron chi connectivity index (χ1n) is 19.5. The molecule has 1 aliphatic carbocycles. The molecule has 0 spiro atoms. The van der Waals surface area contributed by atoms with Gasteiger partial charge in [-0.2, -0.15) is 0 Å². The van der Waals surface area contributed by atoms with Gasteiger partial charge in [0.2, 0.25) is 0 Å². The summed E-state index contributed by atoms with van der Waals surface area (Å²) in [5.41, 5.74) is 18.5. The minimum atomic E-state index is -0.186. The highest BCUT2D eigenvalue weighted by atomic mass is 15.1. The lowest BCUT2D eigenvalue weighted by atomic mass is 9.81. The van der Waals surface area contributed by atoms with Crippen LogP contribution in [0.2, 0.25) is 0 Å². The number of hydrogen-bond donors (Lipinski definition) is 0. The first-order chi connectivity index (χ1) is 27.6. The van der Waals surface area contributed by atoms with E-state index in [9.17, 15) is 0 Å². The highest BCUT2D eigenvalue weighted by Gasteiger charge is 2.37. The number of benzene rings is 9. The van der Waals surface area contributed by atoms with Crippen molar-refractivity contribution in [1.82, 2.24) is 0 Å². The molecule has 9 aromatic rings. The summed E-state index contributed by atoms with van der Waals surface area (Å²) in [5, 5.41) is 2.51. The fraction of sp³-hybridized carbons (Fsp3) is 0.0545. The van der Waals surface area contributed by atoms with Gasteiger partial charge in [0.25, 0.3) is 0 Å². The molecule has 1 nitrogen and oxygen atoms in total. The zero-order valence-electron chi connectivity index (χ0n) is 31.7. The zero-order valence-corrected chi connectivity index (χ0v) is 31.7. The fourth-order valence-corrected chi connectivity index (χ4v) is 8.97. The third-order valence-electron chi connectivity index (χ3n) is 11.7. The largest absolute Gasteiger partial charge is 0.310 e. The van der Waals surface area contributed by atoms with Crippen LogP contribution in [-0.4, -0.2) is 0 Å². The SMILES string of the molecule is CC1(C)c2cc(N(c3ccccc3)c3ccc(-c4ccc5ccccc5c4-c4ccccc4)cc3)ccc2-c2c(-c3ccccc3-c3ccccc3)cccc21. The molecular formula is C55H41N. The molecule has 0 unspecified atom stereocenters. The summed E-state index contributed by atoms with van der Waals surface area (Å²) < 4.78 is 0. The van der Waals surface area contributed by atoms with Gasteiger partial charge in [0, 0.05) is 22.5 Å². The van der Waals surface area contributed by atoms with Gasteiger partial charge in [-0.3, -0.25) is 0 Å². The molecule has 0 aliphatic heterocycles. The van der Waals surface area contributed by atoms with E-state index in [4.69, 9.17) is 0 Å². The van der Waals surface area contributed by atoms with Crippen molar-refractivity contribution in [1.29, 1.82) is 0 Å². The van der Waals surface area contributed by atoms with Crippen LogP contribution >= 0.6 is 0 Å². The van der Waals surface area contributed by atoms with Gasteiger partial charge in [-0.05, 0) is 114 Å². The number of nitrogens with zero attached hydrogens (tertiary/aromatic N) is 1. The number of hydrogen-bond acceptors (Lipinski definition) is 1. The van der Waals surface area contributed by atoms with Crippen molar-refractivity contribution in [2.75, 3.05) is 4.90 Å². The van der Waals surface area contributed by atoms with Crippen LogP contribution in [0.5, 0.6) is 0 Å². The Kier molecular flexibility index (Phi) is 8.23. The Bertz CT molecular complexity index is 2850. The smallest absolute Gasteiger partial charge is 0.0465 e. The van der Waals surface area contributed by atoms with Crippen molar-refractivity contribution in [3.8, 4) is 55.6 Å². The monoisotopic (exact) mass is 715 g/mol. The van der Waals surface area contributed by atoms with Gasteiger partial charge >= 0.3 is 0 Å². The average molecular weight is 716 g/mol. The van der Waals surface area contributed by atoms with Gasteiger partial charge in [0.15, 0.2) is 0 Å². The molecule has 0 saturated carbocycles. The van der Waals surface area contributed by atoms with Gasteiger partial charge in [0.05, 0.1) is 0 Å². The third-order valence-corrected chi connectivity index (χ3v) is 11.7. The first-order valence-corrected chi connectivity index (χ1v) is 19.5. The molecule has 1 aliphatic rings. The van der Waals surface area contributed by atoms with Crippen LogP contribution in [0.1, 0.15) is 25.0 Å². The molecule has 56 heavy (non-hydrogen) atoms. The number of fused-ring (bicyclic) bond motifs is 4. The van der Waals surface area contributed by atoms with Crippen LogP contribution in [-0.2, 0) is 5.41 Å². The lowest BCUT2D eigenvalue weighted by Crippen LogP contribution is -2.16. The molecule has 0 heterocycles. The number of para-hydroxylation sites is 1. The van der Waals surface area contributed by atoms with Crippen molar-refractivity contribution >= 4 is 27.8 Å². The van der Waals surface area contributed by atoms with E-state index in [1.165, 1.54) is 77.5 Å². The second kappa shape index (κ2) is 13.7. The third kappa shape index (κ3) is 5.63. The van der Waals surface area contributed by atoms with Crippen molar-refractivity contribution in [3.05, 3.63) is 223 Å². The topological polar surface area (TPSA) is 3.24 Å². The van der Waals surface area contributed by atoms with E-state index in [-0.39, 0.29) is 5.41 Å². The Hall–Kier alpha value is -6.96. The molecule has 0 saturated heterocycles. The summed E-state index contributed by atoms with van der Waals surface area (Å²) in [7, 11) is 0. The van der Waals surface area contributed by atoms with Crippen molar-refractivity contribution in [2.45, 2.75) is 19.3 Å². The van der Waals surface area contributed by atoms with E-state index in [1.807, 2.05) is 0 Å². The predicted molar refractivity (Wildman–Crippen MR) is 238 cm³/mol. The molecule has 9 aromatic carbocycles. The standard InChI is InChI=1S/C55H41N/c1-55(2)51-28-16-27-49(48-26-15-14-24-45(48)38-17-6-3-7-18-38)54(51)50-36-34-44(37-52(50)55)56(42-22-10-5-11-23-42)43-32-29-40(30-33-43)47-35-31-39-19-12-13-25-46(39)53(47)41-20-8-4-9-21-41/h3-37H,1-2H3. The molecule has 0 amide bonds. The number of anilines is 3. The Morgan fingerprint density at radius 3 is 1.62 bits per heavy atom. The van der Waals surface area contributed by atoms with Crippen LogP contribution in [0.25, 0.3) is 66.4 Å². The minimum Gasteiger partial charge on any atom is -0.310 e. The van der Waals surface area contributed by atoms with E-state index in [0.29, 0.717) is 0 Å². The summed E-state index contributed by atoms with van der Waals surface area (Å²) in [5.74, 6) is 0. The zero-order chi connectivity index (χ0) is 37.6.